The third kappa shape index (κ3) is 8.52. The number of anilines is 1. The van der Waals surface area contributed by atoms with Gasteiger partial charge in [-0.05, 0) is 25.1 Å². The SMILES string of the molecule is CCCNC(CC(=O)N1CCN(c2ccncc2)CC1)C(=O)N1CCN(CC(=O)O)C(=O)C1CC(=O)OC.Cl. The van der Waals surface area contributed by atoms with Crippen LogP contribution in [0.5, 0.6) is 0 Å². The molecule has 1 aromatic rings. The van der Waals surface area contributed by atoms with Crippen LogP contribution in [0.3, 0.4) is 0 Å². The number of amides is 3. The molecule has 3 rings (SSSR count). The van der Waals surface area contributed by atoms with E-state index in [0.717, 1.165) is 17.0 Å². The van der Waals surface area contributed by atoms with Crippen LogP contribution in [0.1, 0.15) is 26.2 Å². The molecule has 2 aliphatic heterocycles. The molecule has 216 valence electrons. The number of ether oxygens (including phenoxy) is 1. The number of hydrogen-bond donors (Lipinski definition) is 2. The third-order valence-corrected chi connectivity index (χ3v) is 6.76. The predicted octanol–water partition coefficient (Wildman–Crippen LogP) is -0.403. The van der Waals surface area contributed by atoms with Gasteiger partial charge in [0.15, 0.2) is 0 Å². The van der Waals surface area contributed by atoms with Gasteiger partial charge in [0.25, 0.3) is 0 Å². The van der Waals surface area contributed by atoms with E-state index >= 15 is 0 Å². The molecular weight excluding hydrogens is 532 g/mol. The standard InChI is InChI=1S/C25H36N6O7.ClH/c1-3-6-27-19(15-21(32)29-11-9-28(10-12-29)18-4-7-26-8-5-18)24(36)31-14-13-30(17-22(33)34)25(37)20(31)16-23(35)38-2;/h4-5,7-8,19-20,27H,3,6,9-17H2,1-2H3,(H,33,34);1H. The van der Waals surface area contributed by atoms with E-state index in [1.54, 1.807) is 17.3 Å². The highest BCUT2D eigenvalue weighted by molar-refractivity contribution is 5.96. The van der Waals surface area contributed by atoms with Gasteiger partial charge in [0.2, 0.25) is 17.7 Å². The van der Waals surface area contributed by atoms with Crippen LogP contribution < -0.4 is 10.2 Å². The van der Waals surface area contributed by atoms with Crippen molar-refractivity contribution in [3.63, 3.8) is 0 Å². The number of aromatic nitrogens is 1. The van der Waals surface area contributed by atoms with Crippen molar-refractivity contribution in [1.29, 1.82) is 0 Å². The molecule has 2 aliphatic rings. The zero-order valence-electron chi connectivity index (χ0n) is 22.3. The zero-order chi connectivity index (χ0) is 27.7. The second-order valence-corrected chi connectivity index (χ2v) is 9.27. The minimum atomic E-state index is -1.20. The first-order chi connectivity index (χ1) is 18.2. The molecule has 3 amide bonds. The number of carbonyl (C=O) groups excluding carboxylic acids is 4. The number of pyridine rings is 1. The van der Waals surface area contributed by atoms with Crippen molar-refractivity contribution >= 4 is 47.8 Å². The van der Waals surface area contributed by atoms with Crippen molar-refractivity contribution in [1.82, 2.24) is 25.0 Å². The summed E-state index contributed by atoms with van der Waals surface area (Å²) in [5.74, 6) is -3.17. The molecule has 0 bridgehead atoms. The van der Waals surface area contributed by atoms with Crippen molar-refractivity contribution < 1.29 is 33.8 Å². The Morgan fingerprint density at radius 1 is 1.10 bits per heavy atom. The highest BCUT2D eigenvalue weighted by Crippen LogP contribution is 2.19. The number of rotatable bonds is 11. The Morgan fingerprint density at radius 2 is 1.77 bits per heavy atom. The van der Waals surface area contributed by atoms with Gasteiger partial charge in [0.1, 0.15) is 12.6 Å². The fourth-order valence-electron chi connectivity index (χ4n) is 4.70. The van der Waals surface area contributed by atoms with Gasteiger partial charge in [-0.2, -0.15) is 0 Å². The van der Waals surface area contributed by atoms with Gasteiger partial charge < -0.3 is 34.8 Å². The smallest absolute Gasteiger partial charge is 0.323 e. The van der Waals surface area contributed by atoms with Gasteiger partial charge in [-0.25, -0.2) is 0 Å². The average Bonchev–Trinajstić information content (AvgIpc) is 2.93. The van der Waals surface area contributed by atoms with E-state index in [0.29, 0.717) is 32.7 Å². The monoisotopic (exact) mass is 568 g/mol. The number of aliphatic carboxylic acids is 1. The number of nitrogens with zero attached hydrogens (tertiary/aromatic N) is 5. The molecule has 0 spiro atoms. The summed E-state index contributed by atoms with van der Waals surface area (Å²) in [5.41, 5.74) is 1.04. The summed E-state index contributed by atoms with van der Waals surface area (Å²) in [6.07, 6.45) is 3.68. The van der Waals surface area contributed by atoms with Crippen molar-refractivity contribution in [2.75, 3.05) is 64.4 Å². The van der Waals surface area contributed by atoms with Crippen LogP contribution in [0, 0.1) is 0 Å². The van der Waals surface area contributed by atoms with Crippen molar-refractivity contribution in [2.45, 2.75) is 38.3 Å². The van der Waals surface area contributed by atoms with Gasteiger partial charge in [0.05, 0.1) is 26.0 Å². The average molecular weight is 569 g/mol. The molecule has 2 N–H and O–H groups in total. The Kier molecular flexibility index (Phi) is 12.4. The number of hydrogen-bond acceptors (Lipinski definition) is 9. The summed E-state index contributed by atoms with van der Waals surface area (Å²) >= 11 is 0. The van der Waals surface area contributed by atoms with E-state index < -0.39 is 48.8 Å². The van der Waals surface area contributed by atoms with Crippen LogP contribution in [-0.2, 0) is 28.7 Å². The lowest BCUT2D eigenvalue weighted by Crippen LogP contribution is -2.63. The Labute approximate surface area is 233 Å². The number of methoxy groups -OCH3 is 1. The summed E-state index contributed by atoms with van der Waals surface area (Å²) in [6, 6.07) is 1.75. The topological polar surface area (TPSA) is 153 Å². The molecule has 2 atom stereocenters. The highest BCUT2D eigenvalue weighted by atomic mass is 35.5. The maximum absolute atomic E-state index is 13.7. The second-order valence-electron chi connectivity index (χ2n) is 9.27. The van der Waals surface area contributed by atoms with Crippen LogP contribution in [-0.4, -0.2) is 126 Å². The molecule has 0 aliphatic carbocycles. The summed E-state index contributed by atoms with van der Waals surface area (Å²) < 4.78 is 4.71. The Balaban J connectivity index is 0.00000533. The largest absolute Gasteiger partial charge is 0.480 e. The number of piperazine rings is 2. The number of nitrogens with one attached hydrogen (secondary N) is 1. The van der Waals surface area contributed by atoms with Crippen LogP contribution in [0.4, 0.5) is 5.69 Å². The fraction of sp³-hybridized carbons (Fsp3) is 0.600. The van der Waals surface area contributed by atoms with Gasteiger partial charge in [-0.3, -0.25) is 29.0 Å². The molecule has 3 heterocycles. The lowest BCUT2D eigenvalue weighted by atomic mass is 10.0. The number of esters is 1. The summed E-state index contributed by atoms with van der Waals surface area (Å²) in [4.78, 5) is 73.5. The van der Waals surface area contributed by atoms with Crippen LogP contribution in [0.15, 0.2) is 24.5 Å². The molecule has 13 nitrogen and oxygen atoms in total. The first-order valence-electron chi connectivity index (χ1n) is 12.8. The summed E-state index contributed by atoms with van der Waals surface area (Å²) in [7, 11) is 1.18. The van der Waals surface area contributed by atoms with E-state index in [-0.39, 0.29) is 37.8 Å². The van der Waals surface area contributed by atoms with Gasteiger partial charge in [-0.1, -0.05) is 6.92 Å². The molecule has 0 radical (unpaired) electrons. The van der Waals surface area contributed by atoms with Crippen molar-refractivity contribution in [2.24, 2.45) is 0 Å². The van der Waals surface area contributed by atoms with Gasteiger partial charge in [-0.15, -0.1) is 12.4 Å². The van der Waals surface area contributed by atoms with Crippen LogP contribution in [0.25, 0.3) is 0 Å². The van der Waals surface area contributed by atoms with E-state index in [2.05, 4.69) is 15.2 Å². The summed E-state index contributed by atoms with van der Waals surface area (Å²) in [5, 5.41) is 12.3. The lowest BCUT2D eigenvalue weighted by molar-refractivity contribution is -0.160. The Bertz CT molecular complexity index is 1010. The second kappa shape index (κ2) is 15.2. The Morgan fingerprint density at radius 3 is 2.36 bits per heavy atom. The molecule has 1 aromatic heterocycles. The van der Waals surface area contributed by atoms with Gasteiger partial charge >= 0.3 is 11.9 Å². The van der Waals surface area contributed by atoms with E-state index in [1.807, 2.05) is 19.1 Å². The summed E-state index contributed by atoms with van der Waals surface area (Å²) in [6.45, 7) is 4.26. The lowest BCUT2D eigenvalue weighted by Gasteiger charge is -2.41. The molecule has 14 heteroatoms. The number of carboxylic acids is 1. The van der Waals surface area contributed by atoms with E-state index in [9.17, 15) is 24.0 Å². The third-order valence-electron chi connectivity index (χ3n) is 6.76. The maximum atomic E-state index is 13.7. The maximum Gasteiger partial charge on any atom is 0.323 e. The molecule has 2 saturated heterocycles. The molecule has 2 unspecified atom stereocenters. The fourth-order valence-corrected chi connectivity index (χ4v) is 4.70. The van der Waals surface area contributed by atoms with Crippen LogP contribution in [0.2, 0.25) is 0 Å². The quantitative estimate of drug-likeness (QED) is 0.337. The molecular formula is C25H37ClN6O7. The highest BCUT2D eigenvalue weighted by Gasteiger charge is 2.42. The first-order valence-corrected chi connectivity index (χ1v) is 12.8. The predicted molar refractivity (Wildman–Crippen MR) is 143 cm³/mol. The minimum Gasteiger partial charge on any atom is -0.480 e. The Hall–Kier alpha value is -3.45. The molecule has 0 aromatic carbocycles. The van der Waals surface area contributed by atoms with Crippen LogP contribution >= 0.6 is 12.4 Å². The molecule has 0 saturated carbocycles. The normalized spacial score (nSPS) is 18.3. The number of carboxylic acid groups (broad SMARTS) is 1. The molecule has 2 fully saturated rings. The first kappa shape index (κ1) is 31.8. The van der Waals surface area contributed by atoms with Gasteiger partial charge in [0, 0.05) is 57.3 Å². The zero-order valence-corrected chi connectivity index (χ0v) is 23.1. The number of halogens is 1. The van der Waals surface area contributed by atoms with Crippen molar-refractivity contribution in [3.05, 3.63) is 24.5 Å². The molecule has 39 heavy (non-hydrogen) atoms. The van der Waals surface area contributed by atoms with E-state index in [4.69, 9.17) is 9.84 Å². The van der Waals surface area contributed by atoms with Crippen molar-refractivity contribution in [3.8, 4) is 0 Å². The van der Waals surface area contributed by atoms with E-state index in [1.165, 1.54) is 12.0 Å². The number of carbonyl (C=O) groups is 5. The minimum absolute atomic E-state index is 0.